The lowest BCUT2D eigenvalue weighted by Gasteiger charge is -2.31. The molecule has 1 aromatic heterocycles. The smallest absolute Gasteiger partial charge is 0.335 e. The highest BCUT2D eigenvalue weighted by Gasteiger charge is 2.21. The molecule has 0 unspecified atom stereocenters. The van der Waals surface area contributed by atoms with Gasteiger partial charge in [0.05, 0.1) is 12.1 Å². The van der Waals surface area contributed by atoms with Crippen molar-refractivity contribution >= 4 is 11.8 Å². The number of carbonyl (C=O) groups is 2. The number of hydrogen-bond acceptors (Lipinski definition) is 4. The van der Waals surface area contributed by atoms with Gasteiger partial charge in [0.15, 0.2) is 5.78 Å². The summed E-state index contributed by atoms with van der Waals surface area (Å²) in [6, 6.07) is 8.86. The number of hydrogen-bond donors (Lipinski definition) is 1. The molecule has 0 saturated carbocycles. The number of nitrogens with zero attached hydrogens (tertiary/aromatic N) is 3. The van der Waals surface area contributed by atoms with E-state index in [-0.39, 0.29) is 11.3 Å². The molecule has 2 aromatic rings. The largest absolute Gasteiger partial charge is 0.478 e. The van der Waals surface area contributed by atoms with Gasteiger partial charge in [-0.25, -0.2) is 4.79 Å². The van der Waals surface area contributed by atoms with Gasteiger partial charge in [-0.2, -0.15) is 0 Å². The number of aromatic carboxylic acids is 1. The summed E-state index contributed by atoms with van der Waals surface area (Å²) >= 11 is 0. The second-order valence-electron chi connectivity index (χ2n) is 7.38. The Bertz CT molecular complexity index is 831. The lowest BCUT2D eigenvalue weighted by Crippen LogP contribution is -2.46. The van der Waals surface area contributed by atoms with Gasteiger partial charge >= 0.3 is 5.97 Å². The van der Waals surface area contributed by atoms with Crippen LogP contribution >= 0.6 is 0 Å². The van der Waals surface area contributed by atoms with E-state index in [1.54, 1.807) is 12.1 Å². The van der Waals surface area contributed by atoms with Crippen LogP contribution in [-0.2, 0) is 6.54 Å². The maximum atomic E-state index is 12.8. The van der Waals surface area contributed by atoms with E-state index in [1.165, 1.54) is 0 Å². The van der Waals surface area contributed by atoms with Crippen LogP contribution in [0.2, 0.25) is 0 Å². The zero-order valence-electron chi connectivity index (χ0n) is 16.2. The molecule has 6 nitrogen and oxygen atoms in total. The van der Waals surface area contributed by atoms with Crippen LogP contribution < -0.4 is 0 Å². The summed E-state index contributed by atoms with van der Waals surface area (Å²) in [6.45, 7) is 8.93. The fourth-order valence-corrected chi connectivity index (χ4v) is 3.56. The molecule has 144 valence electrons. The summed E-state index contributed by atoms with van der Waals surface area (Å²) in [5.74, 6) is -0.758. The SMILES string of the molecule is Cc1cc(C(=O)CN2CCN(C)CC2)c(C)n1Cc1ccc(C(=O)O)cc1. The van der Waals surface area contributed by atoms with Crippen molar-refractivity contribution in [1.29, 1.82) is 0 Å². The fourth-order valence-electron chi connectivity index (χ4n) is 3.56. The Morgan fingerprint density at radius 3 is 2.26 bits per heavy atom. The minimum atomic E-state index is -0.924. The number of ketones is 1. The van der Waals surface area contributed by atoms with E-state index in [0.717, 1.165) is 48.7 Å². The Morgan fingerprint density at radius 1 is 1.04 bits per heavy atom. The highest BCUT2D eigenvalue weighted by atomic mass is 16.4. The number of aromatic nitrogens is 1. The van der Waals surface area contributed by atoms with Crippen LogP contribution in [0.5, 0.6) is 0 Å². The number of carboxylic acid groups (broad SMARTS) is 1. The molecule has 1 aliphatic rings. The van der Waals surface area contributed by atoms with Gasteiger partial charge in [0, 0.05) is 49.7 Å². The Morgan fingerprint density at radius 2 is 1.67 bits per heavy atom. The minimum Gasteiger partial charge on any atom is -0.478 e. The summed E-state index contributed by atoms with van der Waals surface area (Å²) in [4.78, 5) is 28.3. The predicted molar refractivity (Wildman–Crippen MR) is 105 cm³/mol. The quantitative estimate of drug-likeness (QED) is 0.792. The van der Waals surface area contributed by atoms with E-state index in [1.807, 2.05) is 32.0 Å². The maximum Gasteiger partial charge on any atom is 0.335 e. The summed E-state index contributed by atoms with van der Waals surface area (Å²) in [7, 11) is 2.11. The van der Waals surface area contributed by atoms with Crippen LogP contribution in [0.25, 0.3) is 0 Å². The van der Waals surface area contributed by atoms with E-state index in [2.05, 4.69) is 21.4 Å². The molecule has 0 amide bonds. The average molecular weight is 369 g/mol. The molecule has 1 N–H and O–H groups in total. The summed E-state index contributed by atoms with van der Waals surface area (Å²) in [5, 5.41) is 9.02. The lowest BCUT2D eigenvalue weighted by molar-refractivity contribution is 0.0696. The van der Waals surface area contributed by atoms with Crippen molar-refractivity contribution in [1.82, 2.24) is 14.4 Å². The van der Waals surface area contributed by atoms with Crippen LogP contribution in [0, 0.1) is 13.8 Å². The molecule has 0 atom stereocenters. The first kappa shape index (κ1) is 19.3. The van der Waals surface area contributed by atoms with Crippen molar-refractivity contribution in [3.8, 4) is 0 Å². The first-order valence-corrected chi connectivity index (χ1v) is 9.28. The second kappa shape index (κ2) is 8.06. The lowest BCUT2D eigenvalue weighted by atomic mass is 10.1. The maximum absolute atomic E-state index is 12.8. The first-order valence-electron chi connectivity index (χ1n) is 9.28. The number of likely N-dealkylation sites (N-methyl/N-ethyl adjacent to an activating group) is 1. The highest BCUT2D eigenvalue weighted by Crippen LogP contribution is 2.19. The number of carboxylic acids is 1. The number of carbonyl (C=O) groups excluding carboxylic acids is 1. The predicted octanol–water partition coefficient (Wildman–Crippen LogP) is 2.28. The van der Waals surface area contributed by atoms with E-state index >= 15 is 0 Å². The van der Waals surface area contributed by atoms with E-state index in [0.29, 0.717) is 13.1 Å². The zero-order valence-corrected chi connectivity index (χ0v) is 16.2. The van der Waals surface area contributed by atoms with Crippen molar-refractivity contribution < 1.29 is 14.7 Å². The van der Waals surface area contributed by atoms with Gasteiger partial charge in [-0.15, -0.1) is 0 Å². The van der Waals surface area contributed by atoms with Gasteiger partial charge in [0.1, 0.15) is 0 Å². The van der Waals surface area contributed by atoms with Gasteiger partial charge in [-0.05, 0) is 44.7 Å². The molecule has 6 heteroatoms. The van der Waals surface area contributed by atoms with E-state index in [9.17, 15) is 9.59 Å². The normalized spacial score (nSPS) is 15.8. The van der Waals surface area contributed by atoms with E-state index < -0.39 is 5.97 Å². The van der Waals surface area contributed by atoms with Crippen molar-refractivity contribution in [2.75, 3.05) is 39.8 Å². The Kier molecular flexibility index (Phi) is 5.77. The molecule has 2 heterocycles. The summed E-state index contributed by atoms with van der Waals surface area (Å²) < 4.78 is 2.12. The van der Waals surface area contributed by atoms with Gasteiger partial charge in [0.25, 0.3) is 0 Å². The standard InChI is InChI=1S/C21H27N3O3/c1-15-12-19(20(25)14-23-10-8-22(3)9-11-23)16(2)24(15)13-17-4-6-18(7-5-17)21(26)27/h4-7,12H,8-11,13-14H2,1-3H3,(H,26,27). The number of piperazine rings is 1. The van der Waals surface area contributed by atoms with Gasteiger partial charge < -0.3 is 14.6 Å². The average Bonchev–Trinajstić information content (AvgIpc) is 2.92. The Labute approximate surface area is 160 Å². The first-order chi connectivity index (χ1) is 12.8. The van der Waals surface area contributed by atoms with Crippen LogP contribution in [0.4, 0.5) is 0 Å². The molecule has 1 aliphatic heterocycles. The molecule has 0 radical (unpaired) electrons. The molecular formula is C21H27N3O3. The number of benzene rings is 1. The molecule has 0 spiro atoms. The molecule has 1 aromatic carbocycles. The van der Waals surface area contributed by atoms with E-state index in [4.69, 9.17) is 5.11 Å². The van der Waals surface area contributed by atoms with Gasteiger partial charge in [0.2, 0.25) is 0 Å². The molecule has 3 rings (SSSR count). The molecule has 27 heavy (non-hydrogen) atoms. The Balaban J connectivity index is 1.72. The van der Waals surface area contributed by atoms with Crippen molar-refractivity contribution in [2.24, 2.45) is 0 Å². The van der Waals surface area contributed by atoms with Crippen LogP contribution in [0.15, 0.2) is 30.3 Å². The number of Topliss-reactive ketones (excluding diaryl/α,β-unsaturated/α-hetero) is 1. The van der Waals surface area contributed by atoms with Crippen molar-refractivity contribution in [2.45, 2.75) is 20.4 Å². The topological polar surface area (TPSA) is 65.8 Å². The number of rotatable bonds is 6. The molecule has 0 bridgehead atoms. The van der Waals surface area contributed by atoms with Crippen molar-refractivity contribution in [3.05, 3.63) is 58.4 Å². The number of aryl methyl sites for hydroxylation is 1. The summed E-state index contributed by atoms with van der Waals surface area (Å²) in [5.41, 5.74) is 4.08. The minimum absolute atomic E-state index is 0.167. The Hall–Kier alpha value is -2.44. The summed E-state index contributed by atoms with van der Waals surface area (Å²) in [6.07, 6.45) is 0. The van der Waals surface area contributed by atoms with Crippen LogP contribution in [0.3, 0.4) is 0 Å². The third kappa shape index (κ3) is 4.46. The molecular weight excluding hydrogens is 342 g/mol. The van der Waals surface area contributed by atoms with Crippen molar-refractivity contribution in [3.63, 3.8) is 0 Å². The van der Waals surface area contributed by atoms with Gasteiger partial charge in [-0.1, -0.05) is 12.1 Å². The van der Waals surface area contributed by atoms with Crippen LogP contribution in [-0.4, -0.2) is 71.0 Å². The third-order valence-corrected chi connectivity index (χ3v) is 5.38. The third-order valence-electron chi connectivity index (χ3n) is 5.38. The van der Waals surface area contributed by atoms with Gasteiger partial charge in [-0.3, -0.25) is 9.69 Å². The zero-order chi connectivity index (χ0) is 19.6. The highest BCUT2D eigenvalue weighted by molar-refractivity contribution is 5.99. The fraction of sp³-hybridized carbons (Fsp3) is 0.429. The molecule has 1 saturated heterocycles. The molecule has 0 aliphatic carbocycles. The second-order valence-corrected chi connectivity index (χ2v) is 7.38. The van der Waals surface area contributed by atoms with Crippen LogP contribution in [0.1, 0.15) is 37.7 Å². The monoisotopic (exact) mass is 369 g/mol. The molecule has 1 fully saturated rings.